The third-order valence-corrected chi connectivity index (χ3v) is 5.83. The van der Waals surface area contributed by atoms with Crippen LogP contribution in [0.25, 0.3) is 0 Å². The van der Waals surface area contributed by atoms with Gasteiger partial charge in [-0.05, 0) is 68.3 Å². The lowest BCUT2D eigenvalue weighted by molar-refractivity contribution is -0.152. The number of rotatable bonds is 8. The normalized spacial score (nSPS) is 11.9. The first-order valence-corrected chi connectivity index (χ1v) is 10.7. The van der Waals surface area contributed by atoms with Crippen molar-refractivity contribution in [3.05, 3.63) is 59.2 Å². The highest BCUT2D eigenvalue weighted by atomic mass is 32.2. The Morgan fingerprint density at radius 2 is 1.77 bits per heavy atom. The summed E-state index contributed by atoms with van der Waals surface area (Å²) in [6.07, 6.45) is -1.29. The lowest BCUT2D eigenvalue weighted by Gasteiger charge is -2.14. The first-order chi connectivity index (χ1) is 14.1. The summed E-state index contributed by atoms with van der Waals surface area (Å²) in [5, 5.41) is 11.3. The number of nitriles is 1. The zero-order chi connectivity index (χ0) is 22.3. The van der Waals surface area contributed by atoms with E-state index >= 15 is 0 Å². The number of carbonyl (C=O) groups excluding carboxylic acids is 2. The lowest BCUT2D eigenvalue weighted by Crippen LogP contribution is -2.32. The van der Waals surface area contributed by atoms with Crippen molar-refractivity contribution in [1.29, 1.82) is 5.26 Å². The van der Waals surface area contributed by atoms with Crippen molar-refractivity contribution in [2.75, 3.05) is 11.9 Å². The maximum absolute atomic E-state index is 12.3. The minimum absolute atomic E-state index is 0.120. The van der Waals surface area contributed by atoms with Crippen LogP contribution in [-0.2, 0) is 24.3 Å². The van der Waals surface area contributed by atoms with Gasteiger partial charge in [-0.2, -0.15) is 5.26 Å². The van der Waals surface area contributed by atoms with E-state index in [1.54, 1.807) is 36.4 Å². The number of carbonyl (C=O) groups is 2. The van der Waals surface area contributed by atoms with Crippen molar-refractivity contribution >= 4 is 27.6 Å². The van der Waals surface area contributed by atoms with E-state index in [2.05, 4.69) is 10.0 Å². The maximum Gasteiger partial charge on any atom is 0.307 e. The van der Waals surface area contributed by atoms with E-state index in [-0.39, 0.29) is 17.9 Å². The zero-order valence-electron chi connectivity index (χ0n) is 16.9. The Morgan fingerprint density at radius 1 is 1.10 bits per heavy atom. The largest absolute Gasteiger partial charge is 0.452 e. The molecule has 0 aromatic heterocycles. The Bertz CT molecular complexity index is 1070. The maximum atomic E-state index is 12.3. The Balaban J connectivity index is 1.82. The summed E-state index contributed by atoms with van der Waals surface area (Å²) in [5.41, 5.74) is 2.74. The predicted octanol–water partition coefficient (Wildman–Crippen LogP) is 2.41. The number of sulfonamides is 1. The van der Waals surface area contributed by atoms with E-state index in [1.165, 1.54) is 13.0 Å². The van der Waals surface area contributed by atoms with E-state index in [0.29, 0.717) is 11.3 Å². The van der Waals surface area contributed by atoms with Gasteiger partial charge >= 0.3 is 5.97 Å². The minimum Gasteiger partial charge on any atom is -0.452 e. The van der Waals surface area contributed by atoms with E-state index in [4.69, 9.17) is 10.00 Å². The summed E-state index contributed by atoms with van der Waals surface area (Å²) in [4.78, 5) is 24.2. The van der Waals surface area contributed by atoms with Gasteiger partial charge in [0.05, 0.1) is 22.9 Å². The first-order valence-electron chi connectivity index (χ1n) is 9.20. The number of aryl methyl sites for hydroxylation is 2. The van der Waals surface area contributed by atoms with Crippen molar-refractivity contribution < 1.29 is 22.7 Å². The van der Waals surface area contributed by atoms with Crippen molar-refractivity contribution in [2.45, 2.75) is 38.2 Å². The van der Waals surface area contributed by atoms with Gasteiger partial charge in [0.25, 0.3) is 5.91 Å². The second-order valence-corrected chi connectivity index (χ2v) is 8.47. The second-order valence-electron chi connectivity index (χ2n) is 6.70. The molecule has 1 amide bonds. The molecule has 0 aliphatic heterocycles. The van der Waals surface area contributed by atoms with E-state index in [0.717, 1.165) is 11.1 Å². The molecule has 9 heteroatoms. The van der Waals surface area contributed by atoms with Crippen LogP contribution in [0, 0.1) is 25.2 Å². The molecule has 2 aromatic rings. The number of benzene rings is 2. The van der Waals surface area contributed by atoms with E-state index in [9.17, 15) is 18.0 Å². The molecule has 0 saturated heterocycles. The number of hydrogen-bond donors (Lipinski definition) is 2. The van der Waals surface area contributed by atoms with Gasteiger partial charge in [-0.1, -0.05) is 6.07 Å². The Labute approximate surface area is 175 Å². The van der Waals surface area contributed by atoms with Crippen LogP contribution in [0.2, 0.25) is 0 Å². The SMILES string of the molecule is Cc1ccc(S(=O)(=O)NCCC(=O)O[C@H](C)C(=O)Nc2ccc(C#N)cc2)cc1C. The van der Waals surface area contributed by atoms with Gasteiger partial charge in [0.2, 0.25) is 10.0 Å². The van der Waals surface area contributed by atoms with E-state index < -0.39 is 28.0 Å². The van der Waals surface area contributed by atoms with Crippen molar-refractivity contribution in [3.63, 3.8) is 0 Å². The summed E-state index contributed by atoms with van der Waals surface area (Å²) >= 11 is 0. The molecule has 158 valence electrons. The predicted molar refractivity (Wildman–Crippen MR) is 111 cm³/mol. The third-order valence-electron chi connectivity index (χ3n) is 4.37. The van der Waals surface area contributed by atoms with Crippen molar-refractivity contribution in [1.82, 2.24) is 4.72 Å². The molecule has 2 aromatic carbocycles. The smallest absolute Gasteiger partial charge is 0.307 e. The van der Waals surface area contributed by atoms with Gasteiger partial charge in [0.1, 0.15) is 0 Å². The molecule has 0 aliphatic rings. The summed E-state index contributed by atoms with van der Waals surface area (Å²) in [6.45, 7) is 4.96. The zero-order valence-corrected chi connectivity index (χ0v) is 17.7. The van der Waals surface area contributed by atoms with Gasteiger partial charge in [-0.25, -0.2) is 13.1 Å². The van der Waals surface area contributed by atoms with E-state index in [1.807, 2.05) is 19.9 Å². The Kier molecular flexibility index (Phi) is 7.69. The summed E-state index contributed by atoms with van der Waals surface area (Å²) in [6, 6.07) is 13.0. The lowest BCUT2D eigenvalue weighted by atomic mass is 10.1. The molecule has 0 bridgehead atoms. The van der Waals surface area contributed by atoms with Crippen LogP contribution < -0.4 is 10.0 Å². The highest BCUT2D eigenvalue weighted by molar-refractivity contribution is 7.89. The number of nitrogens with zero attached hydrogens (tertiary/aromatic N) is 1. The van der Waals surface area contributed by atoms with Gasteiger partial charge in [0.15, 0.2) is 6.10 Å². The molecule has 0 radical (unpaired) electrons. The number of hydrogen-bond acceptors (Lipinski definition) is 6. The Hall–Kier alpha value is -3.22. The topological polar surface area (TPSA) is 125 Å². The van der Waals surface area contributed by atoms with Gasteiger partial charge in [-0.15, -0.1) is 0 Å². The third kappa shape index (κ3) is 6.40. The molecule has 0 fully saturated rings. The fourth-order valence-electron chi connectivity index (χ4n) is 2.43. The monoisotopic (exact) mass is 429 g/mol. The molecule has 0 spiro atoms. The van der Waals surface area contributed by atoms with Crippen LogP contribution in [0.1, 0.15) is 30.0 Å². The fraction of sp³-hybridized carbons (Fsp3) is 0.286. The molecule has 1 atom stereocenters. The van der Waals surface area contributed by atoms with Crippen LogP contribution >= 0.6 is 0 Å². The average molecular weight is 429 g/mol. The van der Waals surface area contributed by atoms with Crippen LogP contribution in [0.3, 0.4) is 0 Å². The van der Waals surface area contributed by atoms with Crippen molar-refractivity contribution in [2.24, 2.45) is 0 Å². The quantitative estimate of drug-likeness (QED) is 0.621. The number of amides is 1. The molecule has 2 N–H and O–H groups in total. The van der Waals surface area contributed by atoms with Gasteiger partial charge in [0, 0.05) is 12.2 Å². The van der Waals surface area contributed by atoms with Crippen LogP contribution in [0.15, 0.2) is 47.4 Å². The summed E-state index contributed by atoms with van der Waals surface area (Å²) in [7, 11) is -3.75. The molecule has 8 nitrogen and oxygen atoms in total. The molecular weight excluding hydrogens is 406 g/mol. The standard InChI is InChI=1S/C21H23N3O5S/c1-14-4-9-19(12-15(14)2)30(27,28)23-11-10-20(25)29-16(3)21(26)24-18-7-5-17(13-22)6-8-18/h4-9,12,16,23H,10-11H2,1-3H3,(H,24,26)/t16-/m1/s1. The highest BCUT2D eigenvalue weighted by Crippen LogP contribution is 2.14. The molecule has 0 heterocycles. The number of anilines is 1. The molecule has 0 unspecified atom stereocenters. The fourth-order valence-corrected chi connectivity index (χ4v) is 3.55. The number of ether oxygens (including phenoxy) is 1. The minimum atomic E-state index is -3.75. The van der Waals surface area contributed by atoms with Crippen LogP contribution in [0.5, 0.6) is 0 Å². The molecular formula is C21H23N3O5S. The number of nitrogens with one attached hydrogen (secondary N) is 2. The summed E-state index contributed by atoms with van der Waals surface area (Å²) in [5.74, 6) is -1.25. The van der Waals surface area contributed by atoms with Crippen LogP contribution in [0.4, 0.5) is 5.69 Å². The van der Waals surface area contributed by atoms with Crippen molar-refractivity contribution in [3.8, 4) is 6.07 Å². The molecule has 0 saturated carbocycles. The van der Waals surface area contributed by atoms with Crippen LogP contribution in [-0.4, -0.2) is 32.9 Å². The first kappa shape index (κ1) is 23.1. The van der Waals surface area contributed by atoms with Gasteiger partial charge in [-0.3, -0.25) is 9.59 Å². The second kappa shape index (κ2) is 10.0. The molecule has 0 aliphatic carbocycles. The Morgan fingerprint density at radius 3 is 2.37 bits per heavy atom. The molecule has 2 rings (SSSR count). The average Bonchev–Trinajstić information content (AvgIpc) is 2.70. The highest BCUT2D eigenvalue weighted by Gasteiger charge is 2.19. The summed E-state index contributed by atoms with van der Waals surface area (Å²) < 4.78 is 32.0. The van der Waals surface area contributed by atoms with Gasteiger partial charge < -0.3 is 10.1 Å². The number of esters is 1. The molecule has 30 heavy (non-hydrogen) atoms.